The fourth-order valence-corrected chi connectivity index (χ4v) is 3.88. The second-order valence-electron chi connectivity index (χ2n) is 6.76. The minimum atomic E-state index is 0.228. The van der Waals surface area contributed by atoms with Crippen molar-refractivity contribution in [3.05, 3.63) is 16.1 Å². The maximum absolute atomic E-state index is 4.61. The van der Waals surface area contributed by atoms with Crippen molar-refractivity contribution in [3.63, 3.8) is 0 Å². The van der Waals surface area contributed by atoms with Gasteiger partial charge in [-0.05, 0) is 33.1 Å². The van der Waals surface area contributed by atoms with E-state index in [1.807, 2.05) is 17.5 Å². The van der Waals surface area contributed by atoms with Crippen molar-refractivity contribution in [2.45, 2.75) is 65.6 Å². The molecule has 2 heterocycles. The lowest BCUT2D eigenvalue weighted by Crippen LogP contribution is -2.64. The smallest absolute Gasteiger partial charge is 0.110 e. The first kappa shape index (κ1) is 15.9. The van der Waals surface area contributed by atoms with Crippen LogP contribution in [0.5, 0.6) is 0 Å². The van der Waals surface area contributed by atoms with Gasteiger partial charge >= 0.3 is 0 Å². The second kappa shape index (κ2) is 6.12. The molecule has 0 bridgehead atoms. The topological polar surface area (TPSA) is 28.2 Å². The molecule has 114 valence electrons. The third kappa shape index (κ3) is 3.23. The van der Waals surface area contributed by atoms with Gasteiger partial charge in [-0.25, -0.2) is 4.98 Å². The molecule has 3 nitrogen and oxygen atoms in total. The molecule has 4 heteroatoms. The van der Waals surface area contributed by atoms with Crippen molar-refractivity contribution in [1.29, 1.82) is 0 Å². The summed E-state index contributed by atoms with van der Waals surface area (Å²) in [4.78, 5) is 8.59. The van der Waals surface area contributed by atoms with Crippen LogP contribution >= 0.6 is 11.3 Å². The van der Waals surface area contributed by atoms with E-state index in [9.17, 15) is 0 Å². The van der Waals surface area contributed by atoms with E-state index in [1.54, 1.807) is 0 Å². The van der Waals surface area contributed by atoms with E-state index in [0.29, 0.717) is 18.0 Å². The monoisotopic (exact) mass is 295 g/mol. The third-order valence-electron chi connectivity index (χ3n) is 4.74. The average molecular weight is 295 g/mol. The highest BCUT2D eigenvalue weighted by Crippen LogP contribution is 2.32. The number of thiazole rings is 1. The normalized spacial score (nSPS) is 29.9. The zero-order valence-electron chi connectivity index (χ0n) is 13.7. The van der Waals surface area contributed by atoms with Crippen LogP contribution in [-0.4, -0.2) is 34.6 Å². The molecule has 1 aromatic rings. The van der Waals surface area contributed by atoms with Crippen molar-refractivity contribution in [3.8, 4) is 0 Å². The van der Waals surface area contributed by atoms with Crippen molar-refractivity contribution in [2.24, 2.45) is 5.92 Å². The van der Waals surface area contributed by atoms with Crippen molar-refractivity contribution in [1.82, 2.24) is 15.2 Å². The van der Waals surface area contributed by atoms with Crippen molar-refractivity contribution < 1.29 is 0 Å². The van der Waals surface area contributed by atoms with Gasteiger partial charge in [-0.15, -0.1) is 11.3 Å². The summed E-state index contributed by atoms with van der Waals surface area (Å²) in [5.41, 5.74) is 0.228. The van der Waals surface area contributed by atoms with Crippen LogP contribution in [0.1, 0.15) is 57.0 Å². The van der Waals surface area contributed by atoms with E-state index < -0.39 is 0 Å². The lowest BCUT2D eigenvalue weighted by molar-refractivity contribution is 0.0295. The number of nitrogens with one attached hydrogen (secondary N) is 1. The van der Waals surface area contributed by atoms with Gasteiger partial charge in [0.15, 0.2) is 0 Å². The average Bonchev–Trinajstić information content (AvgIpc) is 2.84. The first-order valence-corrected chi connectivity index (χ1v) is 8.61. The summed E-state index contributed by atoms with van der Waals surface area (Å²) in [7, 11) is 0. The molecule has 1 N–H and O–H groups in total. The molecular formula is C16H29N3S. The third-order valence-corrected chi connectivity index (χ3v) is 5.82. The van der Waals surface area contributed by atoms with E-state index >= 15 is 0 Å². The molecule has 0 spiro atoms. The Balaban J connectivity index is 2.22. The first-order chi connectivity index (χ1) is 9.36. The Kier molecular flexibility index (Phi) is 4.88. The van der Waals surface area contributed by atoms with Gasteiger partial charge in [0.2, 0.25) is 0 Å². The molecule has 2 rings (SSSR count). The summed E-state index contributed by atoms with van der Waals surface area (Å²) < 4.78 is 0. The Hall–Kier alpha value is -0.450. The Labute approximate surface area is 127 Å². The number of aromatic nitrogens is 1. The number of nitrogens with zero attached hydrogens (tertiary/aromatic N) is 2. The van der Waals surface area contributed by atoms with Crippen LogP contribution in [0.15, 0.2) is 6.20 Å². The molecule has 1 fully saturated rings. The molecule has 0 aromatic carbocycles. The Morgan fingerprint density at radius 1 is 1.50 bits per heavy atom. The molecule has 1 aliphatic rings. The summed E-state index contributed by atoms with van der Waals surface area (Å²) in [6.45, 7) is 15.9. The molecule has 1 saturated heterocycles. The van der Waals surface area contributed by atoms with Crippen LogP contribution < -0.4 is 5.32 Å². The van der Waals surface area contributed by atoms with Crippen LogP contribution in [0.25, 0.3) is 0 Å². The molecule has 0 amide bonds. The minimum absolute atomic E-state index is 0.228. The van der Waals surface area contributed by atoms with Gasteiger partial charge in [0.05, 0.1) is 6.04 Å². The summed E-state index contributed by atoms with van der Waals surface area (Å²) in [5, 5.41) is 5.02. The largest absolute Gasteiger partial charge is 0.309 e. The van der Waals surface area contributed by atoms with Crippen LogP contribution in [0.2, 0.25) is 0 Å². The highest BCUT2D eigenvalue weighted by Gasteiger charge is 2.38. The van der Waals surface area contributed by atoms with Gasteiger partial charge < -0.3 is 5.32 Å². The van der Waals surface area contributed by atoms with Crippen LogP contribution in [0.3, 0.4) is 0 Å². The zero-order chi connectivity index (χ0) is 14.9. The first-order valence-electron chi connectivity index (χ1n) is 7.79. The zero-order valence-corrected chi connectivity index (χ0v) is 14.5. The number of hydrogen-bond acceptors (Lipinski definition) is 4. The van der Waals surface area contributed by atoms with Crippen LogP contribution in [0.4, 0.5) is 0 Å². The quantitative estimate of drug-likeness (QED) is 0.919. The second-order valence-corrected chi connectivity index (χ2v) is 8.03. The van der Waals surface area contributed by atoms with Gasteiger partial charge in [0.25, 0.3) is 0 Å². The Morgan fingerprint density at radius 3 is 2.70 bits per heavy atom. The van der Waals surface area contributed by atoms with Crippen LogP contribution in [0, 0.1) is 12.8 Å². The summed E-state index contributed by atoms with van der Waals surface area (Å²) in [5.74, 6) is 0.660. The summed E-state index contributed by atoms with van der Waals surface area (Å²) in [6.07, 6.45) is 3.17. The highest BCUT2D eigenvalue weighted by molar-refractivity contribution is 7.11. The maximum Gasteiger partial charge on any atom is 0.110 e. The molecule has 1 aromatic heterocycles. The van der Waals surface area contributed by atoms with Crippen LogP contribution in [-0.2, 0) is 0 Å². The highest BCUT2D eigenvalue weighted by atomic mass is 32.1. The number of rotatable bonds is 4. The molecule has 0 aliphatic carbocycles. The lowest BCUT2D eigenvalue weighted by atomic mass is 9.89. The van der Waals surface area contributed by atoms with Gasteiger partial charge in [-0.1, -0.05) is 20.8 Å². The standard InChI is InChI=1S/C16H29N3S/c1-7-16(6)10-19(14(9-18-16)11(2)3)13(5)15-17-8-12(4)20-15/h8,11,13-14,18H,7,9-10H2,1-6H3. The maximum atomic E-state index is 4.61. The molecular weight excluding hydrogens is 266 g/mol. The van der Waals surface area contributed by atoms with Gasteiger partial charge in [-0.2, -0.15) is 0 Å². The predicted octanol–water partition coefficient (Wildman–Crippen LogP) is 3.61. The van der Waals surface area contributed by atoms with E-state index in [-0.39, 0.29) is 5.54 Å². The molecule has 3 atom stereocenters. The minimum Gasteiger partial charge on any atom is -0.309 e. The summed E-state index contributed by atoms with van der Waals surface area (Å²) >= 11 is 1.84. The number of piperazine rings is 1. The molecule has 0 radical (unpaired) electrons. The lowest BCUT2D eigenvalue weighted by Gasteiger charge is -2.49. The van der Waals surface area contributed by atoms with Gasteiger partial charge in [-0.3, -0.25) is 4.90 Å². The Bertz CT molecular complexity index is 443. The fraction of sp³-hybridized carbons (Fsp3) is 0.812. The fourth-order valence-electron chi connectivity index (χ4n) is 3.03. The van der Waals surface area contributed by atoms with Crippen molar-refractivity contribution >= 4 is 11.3 Å². The molecule has 1 aliphatic heterocycles. The van der Waals surface area contributed by atoms with E-state index in [2.05, 4.69) is 56.7 Å². The number of hydrogen-bond donors (Lipinski definition) is 1. The number of aryl methyl sites for hydroxylation is 1. The van der Waals surface area contributed by atoms with Gasteiger partial charge in [0, 0.05) is 35.7 Å². The summed E-state index contributed by atoms with van der Waals surface area (Å²) in [6, 6.07) is 1.00. The molecule has 0 saturated carbocycles. The predicted molar refractivity (Wildman–Crippen MR) is 87.3 cm³/mol. The molecule has 20 heavy (non-hydrogen) atoms. The molecule has 3 unspecified atom stereocenters. The SMILES string of the molecule is CCC1(C)CN(C(C)c2ncc(C)s2)C(C(C)C)CN1. The van der Waals surface area contributed by atoms with Crippen molar-refractivity contribution in [2.75, 3.05) is 13.1 Å². The Morgan fingerprint density at radius 2 is 2.20 bits per heavy atom. The van der Waals surface area contributed by atoms with E-state index in [1.165, 1.54) is 9.88 Å². The van der Waals surface area contributed by atoms with Gasteiger partial charge in [0.1, 0.15) is 5.01 Å². The van der Waals surface area contributed by atoms with E-state index in [0.717, 1.165) is 19.5 Å². The van der Waals surface area contributed by atoms with E-state index in [4.69, 9.17) is 0 Å².